The van der Waals surface area contributed by atoms with Crippen molar-refractivity contribution in [1.82, 2.24) is 24.3 Å². The molecule has 11 heteroatoms. The Hall–Kier alpha value is -3.37. The number of aromatic amines is 1. The molecule has 0 saturated carbocycles. The number of halogens is 2. The molecule has 0 unspecified atom stereocenters. The number of aromatic nitrogens is 2. The first-order valence-electron chi connectivity index (χ1n) is 17.1. The number of rotatable bonds is 7. The highest BCUT2D eigenvalue weighted by Gasteiger charge is 2.51. The van der Waals surface area contributed by atoms with Crippen LogP contribution in [0.4, 0.5) is 4.79 Å². The Morgan fingerprint density at radius 2 is 1.67 bits per heavy atom. The van der Waals surface area contributed by atoms with Gasteiger partial charge in [0.2, 0.25) is 0 Å². The van der Waals surface area contributed by atoms with Gasteiger partial charge in [-0.15, -0.1) is 0 Å². The number of nitrogens with one attached hydrogen (secondary N) is 1. The van der Waals surface area contributed by atoms with Gasteiger partial charge >= 0.3 is 11.8 Å². The lowest BCUT2D eigenvalue weighted by Gasteiger charge is -2.56. The summed E-state index contributed by atoms with van der Waals surface area (Å²) >= 11 is 12.3. The molecule has 3 aliphatic rings. The number of carbonyl (C=O) groups excluding carboxylic acids is 2. The third-order valence-corrected chi connectivity index (χ3v) is 12.0. The van der Waals surface area contributed by atoms with E-state index in [0.717, 1.165) is 72.7 Å². The van der Waals surface area contributed by atoms with E-state index in [4.69, 9.17) is 27.9 Å². The Morgan fingerprint density at radius 3 is 2.40 bits per heavy atom. The zero-order valence-corrected chi connectivity index (χ0v) is 28.9. The molecule has 7 rings (SSSR count). The number of hydrogen-bond acceptors (Lipinski definition) is 6. The number of piperidine rings is 3. The summed E-state index contributed by atoms with van der Waals surface area (Å²) in [5.41, 5.74) is 1.26. The first-order chi connectivity index (χ1) is 23.3. The van der Waals surface area contributed by atoms with E-state index in [1.807, 2.05) is 41.0 Å². The van der Waals surface area contributed by atoms with Crippen molar-refractivity contribution in [1.29, 1.82) is 0 Å². The predicted molar refractivity (Wildman–Crippen MR) is 190 cm³/mol. The minimum Gasteiger partial charge on any atom is -0.444 e. The summed E-state index contributed by atoms with van der Waals surface area (Å²) in [5, 5.41) is 2.87. The van der Waals surface area contributed by atoms with Crippen molar-refractivity contribution in [3.8, 4) is 0 Å². The van der Waals surface area contributed by atoms with Crippen molar-refractivity contribution >= 4 is 57.4 Å². The third-order valence-electron chi connectivity index (χ3n) is 11.3. The number of imidazole rings is 1. The molecule has 3 saturated heterocycles. The molecule has 0 bridgehead atoms. The maximum Gasteiger partial charge on any atom is 0.411 e. The molecule has 3 fully saturated rings. The van der Waals surface area contributed by atoms with Gasteiger partial charge < -0.3 is 19.4 Å². The average Bonchev–Trinajstić information content (AvgIpc) is 3.45. The molecule has 1 N–H and O–H groups in total. The molecule has 0 radical (unpaired) electrons. The van der Waals surface area contributed by atoms with Crippen LogP contribution in [0.3, 0.4) is 0 Å². The van der Waals surface area contributed by atoms with Crippen LogP contribution in [0.2, 0.25) is 10.0 Å². The molecule has 3 aliphatic heterocycles. The smallest absolute Gasteiger partial charge is 0.411 e. The van der Waals surface area contributed by atoms with Crippen molar-refractivity contribution in [3.63, 3.8) is 0 Å². The van der Waals surface area contributed by atoms with Gasteiger partial charge in [0.25, 0.3) is 0 Å². The van der Waals surface area contributed by atoms with E-state index >= 15 is 0 Å². The molecule has 3 aromatic carbocycles. The fourth-order valence-corrected chi connectivity index (χ4v) is 9.00. The van der Waals surface area contributed by atoms with Crippen LogP contribution in [0.15, 0.2) is 59.4 Å². The van der Waals surface area contributed by atoms with Crippen LogP contribution in [0.1, 0.15) is 56.6 Å². The van der Waals surface area contributed by atoms with Crippen LogP contribution in [-0.2, 0) is 16.1 Å². The van der Waals surface area contributed by atoms with Crippen molar-refractivity contribution in [2.75, 3.05) is 39.8 Å². The third kappa shape index (κ3) is 6.26. The molecule has 0 spiro atoms. The molecule has 4 aromatic rings. The average molecular weight is 693 g/mol. The van der Waals surface area contributed by atoms with Crippen LogP contribution in [0, 0.1) is 11.8 Å². The fraction of sp³-hybridized carbons (Fsp3) is 0.486. The van der Waals surface area contributed by atoms with Gasteiger partial charge in [-0.1, -0.05) is 59.6 Å². The van der Waals surface area contributed by atoms with Crippen LogP contribution < -0.4 is 5.69 Å². The van der Waals surface area contributed by atoms with E-state index in [-0.39, 0.29) is 24.8 Å². The lowest BCUT2D eigenvalue weighted by atomic mass is 9.77. The topological polar surface area (TPSA) is 90.9 Å². The lowest BCUT2D eigenvalue weighted by Crippen LogP contribution is -2.67. The highest BCUT2D eigenvalue weighted by atomic mass is 35.5. The normalized spacial score (nSPS) is 23.6. The van der Waals surface area contributed by atoms with Gasteiger partial charge in [-0.3, -0.25) is 14.4 Å². The summed E-state index contributed by atoms with van der Waals surface area (Å²) in [4.78, 5) is 50.0. The van der Waals surface area contributed by atoms with Crippen LogP contribution in [0.25, 0.3) is 21.8 Å². The van der Waals surface area contributed by atoms with E-state index < -0.39 is 11.8 Å². The molecule has 4 heterocycles. The number of fused-ring (bicyclic) bond motifs is 3. The van der Waals surface area contributed by atoms with E-state index in [1.54, 1.807) is 23.1 Å². The standard InChI is InChI=1S/C37H43Cl2N5O4/c1-41-16-10-26(11-17-41)27-12-18-42(19-13-27)37(15-21-45)23-29(14-20-43(37)36(47)48-24-25-6-8-31(38)32(39)22-25)44-33-9-7-28-4-2-3-5-30(28)34(33)40-35(44)46/h2-9,21-22,26-27,29H,10-20,23-24H2,1H3,(H,40,46)/t29-,37+/m1/s1. The van der Waals surface area contributed by atoms with Crippen LogP contribution in [-0.4, -0.2) is 82.1 Å². The Bertz CT molecular complexity index is 1860. The molecule has 0 aliphatic carbocycles. The van der Waals surface area contributed by atoms with Crippen molar-refractivity contribution in [2.24, 2.45) is 11.8 Å². The fourth-order valence-electron chi connectivity index (χ4n) is 8.68. The second-order valence-corrected chi connectivity index (χ2v) is 14.7. The number of amides is 1. The molecule has 1 amide bonds. The number of benzene rings is 3. The molecular formula is C37H43Cl2N5O4. The summed E-state index contributed by atoms with van der Waals surface area (Å²) in [5.74, 6) is 1.33. The van der Waals surface area contributed by atoms with E-state index in [1.165, 1.54) is 12.8 Å². The van der Waals surface area contributed by atoms with Gasteiger partial charge in [0.15, 0.2) is 0 Å². The van der Waals surface area contributed by atoms with Crippen molar-refractivity contribution < 1.29 is 14.3 Å². The SMILES string of the molecule is CN1CCC(C2CCN([C@]3(CC=O)C[C@H](n4c(=O)[nH]c5c6ccccc6ccc54)CCN3C(=O)OCc3ccc(Cl)c(Cl)c3)CC2)CC1. The monoisotopic (exact) mass is 691 g/mol. The maximum absolute atomic E-state index is 14.0. The molecule has 254 valence electrons. The molecule has 48 heavy (non-hydrogen) atoms. The Balaban J connectivity index is 1.20. The van der Waals surface area contributed by atoms with Crippen molar-refractivity contribution in [3.05, 3.63) is 80.7 Å². The number of aldehydes is 1. The van der Waals surface area contributed by atoms with Crippen LogP contribution in [0.5, 0.6) is 0 Å². The first kappa shape index (κ1) is 33.1. The molecule has 2 atom stereocenters. The minimum atomic E-state index is -0.934. The Labute approximate surface area is 290 Å². The van der Waals surface area contributed by atoms with Gasteiger partial charge in [0, 0.05) is 43.9 Å². The lowest BCUT2D eigenvalue weighted by molar-refractivity contribution is -0.127. The molecule has 9 nitrogen and oxygen atoms in total. The zero-order chi connectivity index (χ0) is 33.4. The summed E-state index contributed by atoms with van der Waals surface area (Å²) in [6.07, 6.45) is 6.04. The zero-order valence-electron chi connectivity index (χ0n) is 27.4. The van der Waals surface area contributed by atoms with Crippen molar-refractivity contribution in [2.45, 2.75) is 63.3 Å². The summed E-state index contributed by atoms with van der Waals surface area (Å²) in [6.45, 7) is 4.20. The summed E-state index contributed by atoms with van der Waals surface area (Å²) in [7, 11) is 2.19. The minimum absolute atomic E-state index is 0.0278. The quantitative estimate of drug-likeness (QED) is 0.208. The van der Waals surface area contributed by atoms with Gasteiger partial charge in [-0.2, -0.15) is 0 Å². The van der Waals surface area contributed by atoms with Gasteiger partial charge in [0.1, 0.15) is 18.6 Å². The number of nitrogens with zero attached hydrogens (tertiary/aromatic N) is 4. The Kier molecular flexibility index (Phi) is 9.57. The summed E-state index contributed by atoms with van der Waals surface area (Å²) in [6, 6.07) is 17.0. The molecule has 1 aromatic heterocycles. The first-order valence-corrected chi connectivity index (χ1v) is 17.9. The predicted octanol–water partition coefficient (Wildman–Crippen LogP) is 7.10. The number of hydrogen-bond donors (Lipinski definition) is 1. The van der Waals surface area contributed by atoms with Gasteiger partial charge in [0.05, 0.1) is 21.1 Å². The largest absolute Gasteiger partial charge is 0.444 e. The summed E-state index contributed by atoms with van der Waals surface area (Å²) < 4.78 is 7.76. The van der Waals surface area contributed by atoms with E-state index in [9.17, 15) is 14.4 Å². The number of ether oxygens (including phenoxy) is 1. The number of H-pyrrole nitrogens is 1. The van der Waals surface area contributed by atoms with Gasteiger partial charge in [-0.05, 0) is 93.2 Å². The highest BCUT2D eigenvalue weighted by Crippen LogP contribution is 2.44. The molecular weight excluding hydrogens is 649 g/mol. The van der Waals surface area contributed by atoms with E-state index in [0.29, 0.717) is 41.3 Å². The second kappa shape index (κ2) is 13.9. The van der Waals surface area contributed by atoms with Gasteiger partial charge in [-0.25, -0.2) is 9.59 Å². The maximum atomic E-state index is 14.0. The second-order valence-electron chi connectivity index (χ2n) is 13.9. The number of carbonyl (C=O) groups is 2. The van der Waals surface area contributed by atoms with E-state index in [2.05, 4.69) is 21.8 Å². The number of likely N-dealkylation sites (tertiary alicyclic amines) is 3. The highest BCUT2D eigenvalue weighted by molar-refractivity contribution is 6.42. The van der Waals surface area contributed by atoms with Crippen LogP contribution >= 0.6 is 23.2 Å². The Morgan fingerprint density at radius 1 is 0.938 bits per heavy atom.